The maximum absolute atomic E-state index is 11.6. The Hall–Kier alpha value is -3.92. The van der Waals surface area contributed by atoms with Gasteiger partial charge < -0.3 is 9.47 Å². The molecule has 1 unspecified atom stereocenters. The van der Waals surface area contributed by atoms with Gasteiger partial charge in [-0.15, -0.1) is 0 Å². The van der Waals surface area contributed by atoms with Crippen LogP contribution in [0, 0.1) is 0 Å². The van der Waals surface area contributed by atoms with E-state index in [2.05, 4.69) is 61.7 Å². The van der Waals surface area contributed by atoms with Crippen LogP contribution in [-0.4, -0.2) is 18.5 Å². The van der Waals surface area contributed by atoms with Gasteiger partial charge in [0.25, 0.3) is 0 Å². The molecule has 0 bridgehead atoms. The highest BCUT2D eigenvalue weighted by Gasteiger charge is 2.09. The Labute approximate surface area is 188 Å². The summed E-state index contributed by atoms with van der Waals surface area (Å²) in [5.74, 6) is -0.240. The van der Waals surface area contributed by atoms with Crippen molar-refractivity contribution < 1.29 is 19.1 Å². The predicted molar refractivity (Wildman–Crippen MR) is 127 cm³/mol. The van der Waals surface area contributed by atoms with Gasteiger partial charge >= 0.3 is 11.9 Å². The zero-order valence-electron chi connectivity index (χ0n) is 18.3. The summed E-state index contributed by atoms with van der Waals surface area (Å²) in [5.41, 5.74) is 5.79. The van der Waals surface area contributed by atoms with Crippen LogP contribution in [0.25, 0.3) is 22.3 Å². The van der Waals surface area contributed by atoms with Crippen LogP contribution >= 0.6 is 0 Å². The van der Waals surface area contributed by atoms with Gasteiger partial charge in [-0.3, -0.25) is 0 Å². The quantitative estimate of drug-likeness (QED) is 0.240. The van der Waals surface area contributed by atoms with E-state index in [-0.39, 0.29) is 5.92 Å². The van der Waals surface area contributed by atoms with Gasteiger partial charge in [0.05, 0.1) is 6.61 Å². The number of hydrogen-bond donors (Lipinski definition) is 0. The van der Waals surface area contributed by atoms with Crippen LogP contribution in [0.2, 0.25) is 0 Å². The molecule has 0 radical (unpaired) electrons. The molecule has 3 aromatic carbocycles. The molecule has 0 saturated carbocycles. The molecule has 3 rings (SSSR count). The minimum atomic E-state index is -0.430. The normalized spacial score (nSPS) is 11.3. The third kappa shape index (κ3) is 5.82. The maximum atomic E-state index is 11.6. The van der Waals surface area contributed by atoms with Gasteiger partial charge in [-0.2, -0.15) is 0 Å². The number of benzene rings is 3. The lowest BCUT2D eigenvalue weighted by atomic mass is 9.96. The molecule has 0 amide bonds. The maximum Gasteiger partial charge on any atom is 0.338 e. The van der Waals surface area contributed by atoms with Crippen LogP contribution in [0.1, 0.15) is 25.3 Å². The fourth-order valence-electron chi connectivity index (χ4n) is 3.13. The Kier molecular flexibility index (Phi) is 7.40. The summed E-state index contributed by atoms with van der Waals surface area (Å²) in [6.45, 7) is 11.0. The first kappa shape index (κ1) is 22.8. The average molecular weight is 427 g/mol. The zero-order chi connectivity index (χ0) is 23.1. The zero-order valence-corrected chi connectivity index (χ0v) is 18.3. The monoisotopic (exact) mass is 426 g/mol. The van der Waals surface area contributed by atoms with Crippen LogP contribution in [0.4, 0.5) is 0 Å². The Morgan fingerprint density at radius 3 is 1.72 bits per heavy atom. The molecule has 0 spiro atoms. The van der Waals surface area contributed by atoms with Crippen LogP contribution in [-0.2, 0) is 14.3 Å². The van der Waals surface area contributed by atoms with Crippen molar-refractivity contribution in [2.24, 2.45) is 0 Å². The van der Waals surface area contributed by atoms with E-state index in [1.807, 2.05) is 19.1 Å². The first-order chi connectivity index (χ1) is 15.4. The van der Waals surface area contributed by atoms with E-state index >= 15 is 0 Å². The van der Waals surface area contributed by atoms with Gasteiger partial charge in [0.15, 0.2) is 0 Å². The van der Waals surface area contributed by atoms with E-state index in [4.69, 9.17) is 9.47 Å². The number of ether oxygens (including phenoxy) is 2. The van der Waals surface area contributed by atoms with Crippen LogP contribution < -0.4 is 4.74 Å². The lowest BCUT2D eigenvalue weighted by molar-refractivity contribution is -0.138. The smallest absolute Gasteiger partial charge is 0.338 e. The van der Waals surface area contributed by atoms with Gasteiger partial charge in [-0.05, 0) is 46.9 Å². The first-order valence-electron chi connectivity index (χ1n) is 10.3. The number of carbonyl (C=O) groups excluding carboxylic acids is 2. The van der Waals surface area contributed by atoms with Crippen molar-refractivity contribution in [3.05, 3.63) is 103 Å². The molecule has 0 aliphatic rings. The summed E-state index contributed by atoms with van der Waals surface area (Å²) < 4.78 is 10.4. The molecule has 0 saturated heterocycles. The molecule has 162 valence electrons. The fraction of sp³-hybridized carbons (Fsp3) is 0.143. The van der Waals surface area contributed by atoms with Gasteiger partial charge in [0.1, 0.15) is 5.75 Å². The summed E-state index contributed by atoms with van der Waals surface area (Å²) in [6.07, 6.45) is 1.17. The highest BCUT2D eigenvalue weighted by atomic mass is 16.5. The second kappa shape index (κ2) is 10.4. The number of esters is 2. The number of carbonyl (C=O) groups is 2. The topological polar surface area (TPSA) is 52.6 Å². The molecular weight excluding hydrogens is 400 g/mol. The molecule has 32 heavy (non-hydrogen) atoms. The SMILES string of the molecule is C=CC(=O)OCC(C)c1ccc(-c2ccc(-c3ccc(OC(=O)C(=C)C)cc3)cc2)cc1. The van der Waals surface area contributed by atoms with Gasteiger partial charge in [0.2, 0.25) is 0 Å². The summed E-state index contributed by atoms with van der Waals surface area (Å²) >= 11 is 0. The fourth-order valence-corrected chi connectivity index (χ4v) is 3.13. The molecule has 0 N–H and O–H groups in total. The lowest BCUT2D eigenvalue weighted by Crippen LogP contribution is -2.08. The average Bonchev–Trinajstić information content (AvgIpc) is 2.83. The Morgan fingerprint density at radius 2 is 1.28 bits per heavy atom. The molecule has 3 aromatic rings. The van der Waals surface area contributed by atoms with Crippen molar-refractivity contribution in [3.63, 3.8) is 0 Å². The van der Waals surface area contributed by atoms with Crippen molar-refractivity contribution in [1.29, 1.82) is 0 Å². The van der Waals surface area contributed by atoms with E-state index < -0.39 is 11.9 Å². The molecule has 0 aliphatic heterocycles. The van der Waals surface area contributed by atoms with Crippen LogP contribution in [0.5, 0.6) is 5.75 Å². The minimum absolute atomic E-state index is 0.105. The lowest BCUT2D eigenvalue weighted by Gasteiger charge is -2.13. The largest absolute Gasteiger partial charge is 0.462 e. The second-order valence-corrected chi connectivity index (χ2v) is 7.63. The third-order valence-corrected chi connectivity index (χ3v) is 5.09. The molecule has 4 nitrogen and oxygen atoms in total. The van der Waals surface area contributed by atoms with E-state index in [9.17, 15) is 9.59 Å². The van der Waals surface area contributed by atoms with E-state index in [1.165, 1.54) is 6.08 Å². The van der Waals surface area contributed by atoms with Gasteiger partial charge in [0, 0.05) is 17.6 Å². The Morgan fingerprint density at radius 1 is 0.844 bits per heavy atom. The summed E-state index contributed by atoms with van der Waals surface area (Å²) in [5, 5.41) is 0. The first-order valence-corrected chi connectivity index (χ1v) is 10.3. The molecule has 0 aliphatic carbocycles. The molecule has 0 aromatic heterocycles. The van der Waals surface area contributed by atoms with Gasteiger partial charge in [-0.25, -0.2) is 9.59 Å². The second-order valence-electron chi connectivity index (χ2n) is 7.63. The van der Waals surface area contributed by atoms with E-state index in [1.54, 1.807) is 19.1 Å². The van der Waals surface area contributed by atoms with Crippen LogP contribution in [0.15, 0.2) is 97.6 Å². The summed E-state index contributed by atoms with van der Waals surface area (Å²) in [7, 11) is 0. The van der Waals surface area contributed by atoms with E-state index in [0.717, 1.165) is 27.8 Å². The molecular formula is C28H26O4. The molecule has 0 fully saturated rings. The number of rotatable bonds is 8. The minimum Gasteiger partial charge on any atom is -0.462 e. The van der Waals surface area contributed by atoms with E-state index in [0.29, 0.717) is 17.9 Å². The Bertz CT molecular complexity index is 1110. The van der Waals surface area contributed by atoms with Crippen LogP contribution in [0.3, 0.4) is 0 Å². The third-order valence-electron chi connectivity index (χ3n) is 5.09. The standard InChI is InChI=1S/C28H26O4/c1-5-27(29)31-18-20(4)21-6-8-22(9-7-21)23-10-12-24(13-11-23)25-14-16-26(17-15-25)32-28(30)19(2)3/h5-17,20H,1-2,18H2,3-4H3. The Balaban J connectivity index is 1.66. The molecule has 4 heteroatoms. The van der Waals surface area contributed by atoms with Gasteiger partial charge in [-0.1, -0.05) is 80.7 Å². The van der Waals surface area contributed by atoms with Crippen molar-refractivity contribution in [1.82, 2.24) is 0 Å². The highest BCUT2D eigenvalue weighted by molar-refractivity contribution is 5.88. The predicted octanol–water partition coefficient (Wildman–Crippen LogP) is 6.33. The molecule has 0 heterocycles. The molecule has 1 atom stereocenters. The summed E-state index contributed by atoms with van der Waals surface area (Å²) in [4.78, 5) is 22.9. The van der Waals surface area contributed by atoms with Crippen molar-refractivity contribution in [2.75, 3.05) is 6.61 Å². The number of hydrogen-bond acceptors (Lipinski definition) is 4. The van der Waals surface area contributed by atoms with Crippen molar-refractivity contribution in [2.45, 2.75) is 19.8 Å². The highest BCUT2D eigenvalue weighted by Crippen LogP contribution is 2.27. The summed E-state index contributed by atoms with van der Waals surface area (Å²) in [6, 6.07) is 23.9. The van der Waals surface area contributed by atoms with Crippen molar-refractivity contribution >= 4 is 11.9 Å². The van der Waals surface area contributed by atoms with Crippen molar-refractivity contribution in [3.8, 4) is 28.0 Å².